The molecule has 6 bridgehead atoms. The van der Waals surface area contributed by atoms with Gasteiger partial charge in [-0.15, -0.1) is 0 Å². The fourth-order valence-electron chi connectivity index (χ4n) is 5.88. The van der Waals surface area contributed by atoms with Crippen LogP contribution in [0.4, 0.5) is 10.2 Å². The molecule has 1 saturated heterocycles. The molecule has 37 heavy (non-hydrogen) atoms. The Labute approximate surface area is 224 Å². The second-order valence-corrected chi connectivity index (χ2v) is 11.5. The van der Waals surface area contributed by atoms with Gasteiger partial charge in [0.25, 0.3) is 0 Å². The Balaban J connectivity index is 1.69. The van der Waals surface area contributed by atoms with Gasteiger partial charge in [0.1, 0.15) is 22.9 Å². The van der Waals surface area contributed by atoms with E-state index in [1.165, 1.54) is 0 Å². The van der Waals surface area contributed by atoms with E-state index in [1.807, 2.05) is 26.0 Å². The summed E-state index contributed by atoms with van der Waals surface area (Å²) in [5.74, 6) is 1.06. The minimum absolute atomic E-state index is 0.139. The Kier molecular flexibility index (Phi) is 7.39. The summed E-state index contributed by atoms with van der Waals surface area (Å²) >= 11 is 6.73. The molecule has 6 rings (SSSR count). The first-order valence-corrected chi connectivity index (χ1v) is 14.0. The number of fused-ring (bicyclic) bond motifs is 8. The van der Waals surface area contributed by atoms with E-state index in [0.717, 1.165) is 92.8 Å². The molecule has 5 heterocycles. The van der Waals surface area contributed by atoms with Crippen molar-refractivity contribution in [1.82, 2.24) is 20.3 Å². The Hall–Kier alpha value is -2.73. The van der Waals surface area contributed by atoms with Crippen molar-refractivity contribution < 1.29 is 4.39 Å². The average molecular weight is 522 g/mol. The van der Waals surface area contributed by atoms with Crippen LogP contribution in [0.2, 0.25) is 5.02 Å². The van der Waals surface area contributed by atoms with Crippen LogP contribution in [0.3, 0.4) is 0 Å². The maximum Gasteiger partial charge on any atom is 0.175 e. The summed E-state index contributed by atoms with van der Waals surface area (Å²) in [6, 6.07) is 3.95. The zero-order chi connectivity index (χ0) is 26.2. The van der Waals surface area contributed by atoms with E-state index >= 15 is 4.39 Å². The van der Waals surface area contributed by atoms with Crippen LogP contribution in [0.25, 0.3) is 22.2 Å². The molecule has 0 aliphatic carbocycles. The molecule has 1 unspecified atom stereocenters. The lowest BCUT2D eigenvalue weighted by Gasteiger charge is -2.41. The summed E-state index contributed by atoms with van der Waals surface area (Å²) in [4.78, 5) is 16.6. The van der Waals surface area contributed by atoms with E-state index in [1.54, 1.807) is 6.20 Å². The number of piperidine rings is 1. The zero-order valence-corrected chi connectivity index (χ0v) is 23.0. The van der Waals surface area contributed by atoms with Crippen LogP contribution < -0.4 is 10.2 Å². The maximum atomic E-state index is 16.3. The molecule has 1 N–H and O–H groups in total. The molecule has 1 aromatic carbocycles. The number of allylic oxidation sites excluding steroid dienone is 1. The first kappa shape index (κ1) is 25.9. The van der Waals surface area contributed by atoms with Gasteiger partial charge in [0.15, 0.2) is 5.82 Å². The highest BCUT2D eigenvalue weighted by molar-refractivity contribution is 6.31. The highest BCUT2D eigenvalue weighted by Crippen LogP contribution is 2.39. The predicted molar refractivity (Wildman–Crippen MR) is 151 cm³/mol. The fourth-order valence-corrected chi connectivity index (χ4v) is 6.25. The smallest absolute Gasteiger partial charge is 0.175 e. The van der Waals surface area contributed by atoms with Gasteiger partial charge in [-0.3, -0.25) is 4.98 Å². The Morgan fingerprint density at radius 1 is 1.16 bits per heavy atom. The van der Waals surface area contributed by atoms with Gasteiger partial charge in [0.2, 0.25) is 0 Å². The van der Waals surface area contributed by atoms with Crippen LogP contribution in [0.5, 0.6) is 0 Å². The van der Waals surface area contributed by atoms with Crippen molar-refractivity contribution in [3.05, 3.63) is 58.4 Å². The summed E-state index contributed by atoms with van der Waals surface area (Å²) in [5.41, 5.74) is 4.56. The molecule has 1 atom stereocenters. The summed E-state index contributed by atoms with van der Waals surface area (Å²) in [6.07, 6.45) is 9.28. The van der Waals surface area contributed by atoms with Gasteiger partial charge in [-0.25, -0.2) is 14.4 Å². The van der Waals surface area contributed by atoms with Crippen molar-refractivity contribution in [2.45, 2.75) is 72.1 Å². The maximum absolute atomic E-state index is 16.3. The summed E-state index contributed by atoms with van der Waals surface area (Å²) in [7, 11) is 0. The summed E-state index contributed by atoms with van der Waals surface area (Å²) < 4.78 is 16.3. The molecule has 1 fully saturated rings. The van der Waals surface area contributed by atoms with Crippen LogP contribution in [0.15, 0.2) is 30.6 Å². The Morgan fingerprint density at radius 2 is 1.97 bits per heavy atom. The molecule has 196 valence electrons. The Bertz CT molecular complexity index is 1340. The van der Waals surface area contributed by atoms with E-state index in [-0.39, 0.29) is 5.41 Å². The first-order valence-electron chi connectivity index (χ1n) is 13.6. The van der Waals surface area contributed by atoms with E-state index in [0.29, 0.717) is 33.9 Å². The molecular formula is C30H37ClFN5. The van der Waals surface area contributed by atoms with Crippen LogP contribution in [-0.2, 0) is 12.8 Å². The fraction of sp³-hybridized carbons (Fsp3) is 0.500. The normalized spacial score (nSPS) is 21.0. The average Bonchev–Trinajstić information content (AvgIpc) is 2.86. The lowest BCUT2D eigenvalue weighted by Crippen LogP contribution is -2.43. The topological polar surface area (TPSA) is 53.9 Å². The molecule has 3 aromatic rings. The largest absolute Gasteiger partial charge is 0.389 e. The number of pyridine rings is 1. The van der Waals surface area contributed by atoms with Gasteiger partial charge in [-0.1, -0.05) is 32.0 Å². The number of hydrogen-bond acceptors (Lipinski definition) is 5. The van der Waals surface area contributed by atoms with Crippen molar-refractivity contribution in [2.75, 3.05) is 24.5 Å². The zero-order valence-electron chi connectivity index (χ0n) is 22.3. The number of aromatic nitrogens is 3. The molecule has 3 aliphatic rings. The number of aryl methyl sites for hydroxylation is 2. The number of rotatable bonds is 1. The van der Waals surface area contributed by atoms with Gasteiger partial charge in [-0.2, -0.15) is 0 Å². The lowest BCUT2D eigenvalue weighted by molar-refractivity contribution is 0.240. The standard InChI is InChI=1S/C30H37ClFN5/c1-5-25-35-28-23-17-34-27(26(28)32)22-15-19(2)16-24(31)21(22)10-7-6-9-20(3)33-13-12-30(4)11-8-14-37(18-30)29(23)36-25/h15-17,33H,3,5-14,18H2,1-2,4H3. The number of nitrogens with zero attached hydrogens (tertiary/aromatic N) is 4. The van der Waals surface area contributed by atoms with Crippen LogP contribution in [0.1, 0.15) is 69.3 Å². The highest BCUT2D eigenvalue weighted by atomic mass is 35.5. The summed E-state index contributed by atoms with van der Waals surface area (Å²) in [5, 5.41) is 4.91. The molecule has 2 aromatic heterocycles. The van der Waals surface area contributed by atoms with Gasteiger partial charge >= 0.3 is 0 Å². The molecule has 0 radical (unpaired) electrons. The van der Waals surface area contributed by atoms with Gasteiger partial charge < -0.3 is 10.2 Å². The third-order valence-corrected chi connectivity index (χ3v) is 8.30. The Morgan fingerprint density at radius 3 is 2.78 bits per heavy atom. The quantitative estimate of drug-likeness (QED) is 0.367. The second kappa shape index (κ2) is 10.6. The van der Waals surface area contributed by atoms with Crippen molar-refractivity contribution >= 4 is 28.3 Å². The van der Waals surface area contributed by atoms with E-state index in [9.17, 15) is 0 Å². The van der Waals surface area contributed by atoms with E-state index in [2.05, 4.69) is 28.7 Å². The molecule has 7 heteroatoms. The minimum Gasteiger partial charge on any atom is -0.389 e. The number of halogens is 2. The predicted octanol–water partition coefficient (Wildman–Crippen LogP) is 7.18. The van der Waals surface area contributed by atoms with E-state index in [4.69, 9.17) is 21.6 Å². The van der Waals surface area contributed by atoms with E-state index < -0.39 is 5.82 Å². The van der Waals surface area contributed by atoms with Gasteiger partial charge in [0.05, 0.1) is 5.39 Å². The molecule has 0 saturated carbocycles. The summed E-state index contributed by atoms with van der Waals surface area (Å²) in [6.45, 7) is 13.3. The molecule has 0 amide bonds. The third kappa shape index (κ3) is 5.31. The van der Waals surface area contributed by atoms with Crippen molar-refractivity contribution in [3.8, 4) is 11.3 Å². The van der Waals surface area contributed by atoms with Gasteiger partial charge in [-0.05, 0) is 80.5 Å². The van der Waals surface area contributed by atoms with Gasteiger partial charge in [0, 0.05) is 48.5 Å². The number of hydrogen-bond donors (Lipinski definition) is 1. The number of benzene rings is 1. The molecule has 5 nitrogen and oxygen atoms in total. The van der Waals surface area contributed by atoms with Crippen LogP contribution in [-0.4, -0.2) is 34.6 Å². The first-order chi connectivity index (χ1) is 17.8. The van der Waals surface area contributed by atoms with Crippen LogP contribution >= 0.6 is 11.6 Å². The van der Waals surface area contributed by atoms with Crippen molar-refractivity contribution in [2.24, 2.45) is 5.41 Å². The highest BCUT2D eigenvalue weighted by Gasteiger charge is 2.33. The molecule has 0 spiro atoms. The van der Waals surface area contributed by atoms with Crippen LogP contribution in [0, 0.1) is 18.2 Å². The second-order valence-electron chi connectivity index (χ2n) is 11.1. The molecule has 3 aliphatic heterocycles. The number of anilines is 1. The lowest BCUT2D eigenvalue weighted by atomic mass is 9.79. The SMILES string of the molecule is C=C1CCCCc2c(Cl)cc(C)cc2-c2ncc3c(nc(CC)nc3c2F)N2CCCC(C)(CCN1)C2. The van der Waals surface area contributed by atoms with Crippen molar-refractivity contribution in [3.63, 3.8) is 0 Å². The minimum atomic E-state index is -0.391. The molecular weight excluding hydrogens is 485 g/mol. The van der Waals surface area contributed by atoms with Crippen molar-refractivity contribution in [1.29, 1.82) is 0 Å². The monoisotopic (exact) mass is 521 g/mol. The number of nitrogens with one attached hydrogen (secondary N) is 1. The third-order valence-electron chi connectivity index (χ3n) is 7.96.